The summed E-state index contributed by atoms with van der Waals surface area (Å²) in [5, 5.41) is 6.75. The molecule has 0 bridgehead atoms. The average molecular weight is 375 g/mol. The van der Waals surface area contributed by atoms with Crippen LogP contribution in [-0.4, -0.2) is 43.9 Å². The molecule has 1 aromatic heterocycles. The van der Waals surface area contributed by atoms with Gasteiger partial charge in [0.05, 0.1) is 11.4 Å². The molecule has 1 atom stereocenters. The number of carbonyl (C=O) groups is 2. The lowest BCUT2D eigenvalue weighted by Gasteiger charge is -2.16. The molecule has 1 aromatic carbocycles. The van der Waals surface area contributed by atoms with Gasteiger partial charge in [0, 0.05) is 19.7 Å². The standard InChI is InChI=1S/C20H27N3O2S/c1-14(2)15-7-9-16(10-8-15)20(17-6-5-11-26-17)22-12-18(24)21-13-19(25)23(3)4/h5-11,14,20,22H,12-13H2,1-4H3,(H,21,24)/p+1/t20-/m1/s1. The number of nitrogens with one attached hydrogen (secondary N) is 1. The third-order valence-electron chi connectivity index (χ3n) is 4.29. The number of nitrogens with zero attached hydrogens (tertiary/aromatic N) is 1. The van der Waals surface area contributed by atoms with Crippen molar-refractivity contribution in [3.8, 4) is 0 Å². The predicted molar refractivity (Wildman–Crippen MR) is 105 cm³/mol. The van der Waals surface area contributed by atoms with Crippen molar-refractivity contribution < 1.29 is 14.9 Å². The van der Waals surface area contributed by atoms with Gasteiger partial charge in [0.25, 0.3) is 5.91 Å². The Labute approximate surface area is 159 Å². The Bertz CT molecular complexity index is 709. The number of benzene rings is 1. The highest BCUT2D eigenvalue weighted by Crippen LogP contribution is 2.24. The summed E-state index contributed by atoms with van der Waals surface area (Å²) in [5.41, 5.74) is 2.48. The first kappa shape index (κ1) is 20.1. The van der Waals surface area contributed by atoms with E-state index in [0.29, 0.717) is 5.92 Å². The highest BCUT2D eigenvalue weighted by atomic mass is 32.1. The van der Waals surface area contributed by atoms with Crippen molar-refractivity contribution in [1.82, 2.24) is 10.2 Å². The molecular formula is C20H28N3O2S+. The van der Waals surface area contributed by atoms with Crippen molar-refractivity contribution in [1.29, 1.82) is 0 Å². The quantitative estimate of drug-likeness (QED) is 0.739. The van der Waals surface area contributed by atoms with Gasteiger partial charge in [-0.05, 0) is 22.9 Å². The number of carbonyl (C=O) groups excluding carboxylic acids is 2. The Hall–Kier alpha value is -2.18. The summed E-state index contributed by atoms with van der Waals surface area (Å²) in [7, 11) is 3.35. The number of nitrogens with two attached hydrogens (primary N) is 1. The number of thiophene rings is 1. The first-order valence-corrected chi connectivity index (χ1v) is 9.70. The molecular weight excluding hydrogens is 346 g/mol. The van der Waals surface area contributed by atoms with Crippen LogP contribution in [0, 0.1) is 0 Å². The average Bonchev–Trinajstić information content (AvgIpc) is 3.14. The minimum absolute atomic E-state index is 0.0342. The molecule has 2 amide bonds. The molecule has 140 valence electrons. The second kappa shape index (κ2) is 9.50. The van der Waals surface area contributed by atoms with Crippen LogP contribution in [-0.2, 0) is 9.59 Å². The van der Waals surface area contributed by atoms with Gasteiger partial charge in [-0.25, -0.2) is 0 Å². The van der Waals surface area contributed by atoms with Gasteiger partial charge in [0.15, 0.2) is 6.54 Å². The molecule has 0 aliphatic heterocycles. The van der Waals surface area contributed by atoms with E-state index in [-0.39, 0.29) is 30.9 Å². The predicted octanol–water partition coefficient (Wildman–Crippen LogP) is 1.73. The van der Waals surface area contributed by atoms with Gasteiger partial charge in [0.1, 0.15) is 6.04 Å². The molecule has 6 heteroatoms. The van der Waals surface area contributed by atoms with Gasteiger partial charge in [-0.2, -0.15) is 0 Å². The Morgan fingerprint density at radius 1 is 1.12 bits per heavy atom. The SMILES string of the molecule is CC(C)c1ccc([C@@H]([NH2+]CC(=O)NCC(=O)N(C)C)c2cccs2)cc1. The van der Waals surface area contributed by atoms with Crippen LogP contribution in [0.25, 0.3) is 0 Å². The lowest BCUT2D eigenvalue weighted by Crippen LogP contribution is -2.87. The number of rotatable bonds is 8. The van der Waals surface area contributed by atoms with Crippen LogP contribution in [0.3, 0.4) is 0 Å². The van der Waals surface area contributed by atoms with E-state index >= 15 is 0 Å². The van der Waals surface area contributed by atoms with Gasteiger partial charge < -0.3 is 15.5 Å². The molecule has 2 rings (SSSR count). The van der Waals surface area contributed by atoms with Gasteiger partial charge in [-0.15, -0.1) is 11.3 Å². The smallest absolute Gasteiger partial charge is 0.275 e. The number of hydrogen-bond acceptors (Lipinski definition) is 3. The molecule has 1 heterocycles. The Kier molecular flexibility index (Phi) is 7.36. The second-order valence-electron chi connectivity index (χ2n) is 6.82. The van der Waals surface area contributed by atoms with Crippen molar-refractivity contribution in [3.05, 3.63) is 57.8 Å². The first-order valence-electron chi connectivity index (χ1n) is 8.82. The summed E-state index contributed by atoms with van der Waals surface area (Å²) in [6.45, 7) is 4.66. The van der Waals surface area contributed by atoms with E-state index in [1.54, 1.807) is 25.4 Å². The maximum Gasteiger partial charge on any atom is 0.275 e. The normalized spacial score (nSPS) is 12.0. The van der Waals surface area contributed by atoms with Gasteiger partial charge >= 0.3 is 0 Å². The zero-order valence-corrected chi connectivity index (χ0v) is 16.7. The van der Waals surface area contributed by atoms with Crippen LogP contribution < -0.4 is 10.6 Å². The zero-order chi connectivity index (χ0) is 19.1. The summed E-state index contributed by atoms with van der Waals surface area (Å²) in [5.74, 6) is 0.242. The minimum atomic E-state index is -0.138. The summed E-state index contributed by atoms with van der Waals surface area (Å²) in [4.78, 5) is 26.4. The molecule has 0 aliphatic rings. The third-order valence-corrected chi connectivity index (χ3v) is 5.24. The highest BCUT2D eigenvalue weighted by molar-refractivity contribution is 7.10. The van der Waals surface area contributed by atoms with E-state index in [4.69, 9.17) is 0 Å². The lowest BCUT2D eigenvalue weighted by atomic mass is 9.98. The van der Waals surface area contributed by atoms with Crippen LogP contribution >= 0.6 is 11.3 Å². The van der Waals surface area contributed by atoms with E-state index in [9.17, 15) is 9.59 Å². The number of amides is 2. The largest absolute Gasteiger partial charge is 0.347 e. The van der Waals surface area contributed by atoms with Gasteiger partial charge in [0.2, 0.25) is 5.91 Å². The fourth-order valence-corrected chi connectivity index (χ4v) is 3.45. The molecule has 2 aromatic rings. The summed E-state index contributed by atoms with van der Waals surface area (Å²) in [6.07, 6.45) is 0. The molecule has 3 N–H and O–H groups in total. The number of hydrogen-bond donors (Lipinski definition) is 2. The summed E-state index contributed by atoms with van der Waals surface area (Å²) < 4.78 is 0. The van der Waals surface area contributed by atoms with E-state index in [2.05, 4.69) is 54.9 Å². The number of quaternary nitrogens is 1. The van der Waals surface area contributed by atoms with Crippen LogP contribution in [0.4, 0.5) is 0 Å². The highest BCUT2D eigenvalue weighted by Gasteiger charge is 2.20. The molecule has 0 saturated heterocycles. The molecule has 5 nitrogen and oxygen atoms in total. The Balaban J connectivity index is 2.02. The summed E-state index contributed by atoms with van der Waals surface area (Å²) in [6, 6.07) is 12.8. The molecule has 0 spiro atoms. The van der Waals surface area contributed by atoms with E-state index in [1.165, 1.54) is 20.9 Å². The van der Waals surface area contributed by atoms with Crippen LogP contribution in [0.2, 0.25) is 0 Å². The Morgan fingerprint density at radius 2 is 1.77 bits per heavy atom. The third kappa shape index (κ3) is 5.68. The molecule has 0 saturated carbocycles. The van der Waals surface area contributed by atoms with E-state index < -0.39 is 0 Å². The zero-order valence-electron chi connectivity index (χ0n) is 15.9. The van der Waals surface area contributed by atoms with Crippen molar-refractivity contribution in [2.24, 2.45) is 0 Å². The maximum absolute atomic E-state index is 12.1. The monoisotopic (exact) mass is 374 g/mol. The topological polar surface area (TPSA) is 66.0 Å². The first-order chi connectivity index (χ1) is 12.4. The van der Waals surface area contributed by atoms with Gasteiger partial charge in [-0.1, -0.05) is 44.2 Å². The maximum atomic E-state index is 12.1. The molecule has 26 heavy (non-hydrogen) atoms. The Morgan fingerprint density at radius 3 is 2.31 bits per heavy atom. The molecule has 0 unspecified atom stereocenters. The van der Waals surface area contributed by atoms with Crippen molar-refractivity contribution >= 4 is 23.2 Å². The van der Waals surface area contributed by atoms with Crippen LogP contribution in [0.1, 0.15) is 41.8 Å². The number of likely N-dealkylation sites (N-methyl/N-ethyl adjacent to an activating group) is 1. The van der Waals surface area contributed by atoms with E-state index in [0.717, 1.165) is 0 Å². The van der Waals surface area contributed by atoms with Crippen molar-refractivity contribution in [2.75, 3.05) is 27.2 Å². The van der Waals surface area contributed by atoms with Gasteiger partial charge in [-0.3, -0.25) is 9.59 Å². The van der Waals surface area contributed by atoms with E-state index in [1.807, 2.05) is 11.4 Å². The van der Waals surface area contributed by atoms with Crippen LogP contribution in [0.15, 0.2) is 41.8 Å². The second-order valence-corrected chi connectivity index (χ2v) is 7.80. The van der Waals surface area contributed by atoms with Crippen LogP contribution in [0.5, 0.6) is 0 Å². The minimum Gasteiger partial charge on any atom is -0.347 e. The molecule has 0 aliphatic carbocycles. The fraction of sp³-hybridized carbons (Fsp3) is 0.400. The fourth-order valence-electron chi connectivity index (χ4n) is 2.60. The lowest BCUT2D eigenvalue weighted by molar-refractivity contribution is -0.676. The summed E-state index contributed by atoms with van der Waals surface area (Å²) >= 11 is 1.69. The molecule has 0 fully saturated rings. The van der Waals surface area contributed by atoms with Crippen molar-refractivity contribution in [2.45, 2.75) is 25.8 Å². The van der Waals surface area contributed by atoms with Crippen molar-refractivity contribution in [3.63, 3.8) is 0 Å². The molecule has 0 radical (unpaired) electrons.